The first kappa shape index (κ1) is 57.5. The first-order chi connectivity index (χ1) is 28.6. The quantitative estimate of drug-likeness (QED) is 0.0198. The summed E-state index contributed by atoms with van der Waals surface area (Å²) in [6.45, 7) is 5.30. The Balaban J connectivity index is 4.18. The maximum atomic E-state index is 12.7. The largest absolute Gasteiger partial charge is 0.756 e. The van der Waals surface area contributed by atoms with E-state index < -0.39 is 13.9 Å². The smallest absolute Gasteiger partial charge is 0.306 e. The van der Waals surface area contributed by atoms with E-state index in [0.29, 0.717) is 24.1 Å². The van der Waals surface area contributed by atoms with Gasteiger partial charge in [0.2, 0.25) is 0 Å². The molecule has 0 N–H and O–H groups in total. The average molecular weight is 852 g/mol. The topological polar surface area (TPSA) is 94.1 Å². The molecule has 0 aliphatic rings. The minimum atomic E-state index is -4.53. The van der Waals surface area contributed by atoms with Crippen LogP contribution in [-0.4, -0.2) is 70.7 Å². The van der Waals surface area contributed by atoms with Crippen molar-refractivity contribution in [3.8, 4) is 0 Å². The summed E-state index contributed by atoms with van der Waals surface area (Å²) in [5.41, 5.74) is 0. The number of unbranched alkanes of at least 4 members (excludes halogenated alkanes) is 23. The van der Waals surface area contributed by atoms with Gasteiger partial charge < -0.3 is 27.9 Å². The van der Waals surface area contributed by atoms with Crippen molar-refractivity contribution < 1.29 is 37.3 Å². The molecular weight excluding hydrogens is 758 g/mol. The second-order valence-electron chi connectivity index (χ2n) is 17.4. The fraction of sp³-hybridized carbons (Fsp3) is 0.820. The first-order valence-electron chi connectivity index (χ1n) is 24.4. The van der Waals surface area contributed by atoms with E-state index in [9.17, 15) is 14.3 Å². The van der Waals surface area contributed by atoms with Crippen LogP contribution < -0.4 is 4.89 Å². The maximum Gasteiger partial charge on any atom is 0.306 e. The van der Waals surface area contributed by atoms with Crippen LogP contribution in [0.4, 0.5) is 0 Å². The van der Waals surface area contributed by atoms with Gasteiger partial charge in [0.1, 0.15) is 19.3 Å². The van der Waals surface area contributed by atoms with Crippen LogP contribution in [-0.2, 0) is 27.9 Å². The number of phosphoric ester groups is 1. The molecule has 0 radical (unpaired) electrons. The molecule has 0 fully saturated rings. The van der Waals surface area contributed by atoms with E-state index in [2.05, 4.69) is 62.5 Å². The molecular formula is C50H94NO7P. The summed E-state index contributed by atoms with van der Waals surface area (Å²) in [6.07, 6.45) is 52.7. The Morgan fingerprint density at radius 3 is 1.49 bits per heavy atom. The summed E-state index contributed by atoms with van der Waals surface area (Å²) >= 11 is 0. The van der Waals surface area contributed by atoms with Gasteiger partial charge in [0.05, 0.1) is 34.4 Å². The highest BCUT2D eigenvalue weighted by Crippen LogP contribution is 2.38. The molecule has 346 valence electrons. The fourth-order valence-corrected chi connectivity index (χ4v) is 7.34. The van der Waals surface area contributed by atoms with Gasteiger partial charge in [-0.25, -0.2) is 0 Å². The molecule has 0 aliphatic heterocycles. The summed E-state index contributed by atoms with van der Waals surface area (Å²) < 4.78 is 34.7. The first-order valence-corrected chi connectivity index (χ1v) is 25.8. The zero-order valence-corrected chi connectivity index (χ0v) is 40.1. The second-order valence-corrected chi connectivity index (χ2v) is 18.8. The summed E-state index contributed by atoms with van der Waals surface area (Å²) in [5, 5.41) is 0. The average Bonchev–Trinajstić information content (AvgIpc) is 3.19. The minimum Gasteiger partial charge on any atom is -0.756 e. The van der Waals surface area contributed by atoms with Crippen molar-refractivity contribution >= 4 is 13.8 Å². The standard InChI is InChI=1S/C50H94NO7P/c1-6-8-10-12-14-16-18-20-22-24-26-27-29-31-33-35-37-39-41-43-50(52)58-49(48-57-59(53,54)56-46-44-51(3,4)5)47-55-45-42-40-38-36-34-32-30-28-25-23-21-19-17-15-13-11-9-7-2/h9,11,15,17,20-23,49H,6-8,10,12-14,16,18-19,24-48H2,1-5H3/b11-9-,17-15-,22-20-,23-21-. The molecule has 0 saturated carbocycles. The van der Waals surface area contributed by atoms with E-state index in [4.69, 9.17) is 18.5 Å². The van der Waals surface area contributed by atoms with Crippen molar-refractivity contribution in [1.29, 1.82) is 0 Å². The molecule has 8 nitrogen and oxygen atoms in total. The van der Waals surface area contributed by atoms with Crippen LogP contribution in [0.2, 0.25) is 0 Å². The lowest BCUT2D eigenvalue weighted by Crippen LogP contribution is -2.37. The van der Waals surface area contributed by atoms with Gasteiger partial charge >= 0.3 is 5.97 Å². The molecule has 0 spiro atoms. The predicted molar refractivity (Wildman–Crippen MR) is 250 cm³/mol. The van der Waals surface area contributed by atoms with Gasteiger partial charge in [-0.2, -0.15) is 0 Å². The zero-order chi connectivity index (χ0) is 43.4. The van der Waals surface area contributed by atoms with E-state index in [0.717, 1.165) is 57.8 Å². The highest BCUT2D eigenvalue weighted by atomic mass is 31.2. The van der Waals surface area contributed by atoms with Crippen molar-refractivity contribution in [2.24, 2.45) is 0 Å². The Labute approximate surface area is 365 Å². The Morgan fingerprint density at radius 1 is 0.542 bits per heavy atom. The van der Waals surface area contributed by atoms with E-state index in [-0.39, 0.29) is 25.8 Å². The lowest BCUT2D eigenvalue weighted by atomic mass is 10.1. The minimum absolute atomic E-state index is 0.0232. The number of carbonyl (C=O) groups is 1. The molecule has 0 aliphatic carbocycles. The molecule has 0 bridgehead atoms. The van der Waals surface area contributed by atoms with E-state index in [1.807, 2.05) is 21.1 Å². The zero-order valence-electron chi connectivity index (χ0n) is 39.2. The van der Waals surface area contributed by atoms with Gasteiger partial charge in [0, 0.05) is 13.0 Å². The van der Waals surface area contributed by atoms with Crippen molar-refractivity contribution in [1.82, 2.24) is 0 Å². The van der Waals surface area contributed by atoms with Crippen LogP contribution >= 0.6 is 7.82 Å². The summed E-state index contributed by atoms with van der Waals surface area (Å²) in [4.78, 5) is 25.1. The molecule has 0 amide bonds. The fourth-order valence-electron chi connectivity index (χ4n) is 6.61. The molecule has 0 aromatic carbocycles. The third-order valence-electron chi connectivity index (χ3n) is 10.4. The maximum absolute atomic E-state index is 12.7. The molecule has 0 aromatic heterocycles. The van der Waals surface area contributed by atoms with Crippen LogP contribution in [0.15, 0.2) is 48.6 Å². The van der Waals surface area contributed by atoms with Gasteiger partial charge in [-0.05, 0) is 70.6 Å². The molecule has 0 heterocycles. The third-order valence-corrected chi connectivity index (χ3v) is 11.3. The number of phosphoric acid groups is 1. The molecule has 0 rings (SSSR count). The SMILES string of the molecule is CC/C=C\C/C=C\C/C=C\CCCCCCCCCCOCC(COP(=O)([O-])OCC[N+](C)(C)C)OC(=O)CCCCCCCCCCC/C=C\CCCCCCCC. The monoisotopic (exact) mass is 852 g/mol. The van der Waals surface area contributed by atoms with Crippen LogP contribution in [0.1, 0.15) is 206 Å². The number of likely N-dealkylation sites (N-methyl/N-ethyl adjacent to an activating group) is 1. The Hall–Kier alpha value is -1.54. The van der Waals surface area contributed by atoms with Crippen LogP contribution in [0.3, 0.4) is 0 Å². The normalized spacial score (nSPS) is 14.1. The Kier molecular flexibility index (Phi) is 42.0. The van der Waals surface area contributed by atoms with Gasteiger partial charge in [0.15, 0.2) is 0 Å². The van der Waals surface area contributed by atoms with Crippen molar-refractivity contribution in [3.05, 3.63) is 48.6 Å². The van der Waals surface area contributed by atoms with Crippen molar-refractivity contribution in [3.63, 3.8) is 0 Å². The lowest BCUT2D eigenvalue weighted by molar-refractivity contribution is -0.870. The number of allylic oxidation sites excluding steroid dienone is 8. The van der Waals surface area contributed by atoms with E-state index >= 15 is 0 Å². The summed E-state index contributed by atoms with van der Waals surface area (Å²) in [7, 11) is 1.35. The number of quaternary nitrogens is 1. The van der Waals surface area contributed by atoms with Gasteiger partial charge in [0.25, 0.3) is 7.82 Å². The molecule has 9 heteroatoms. The predicted octanol–water partition coefficient (Wildman–Crippen LogP) is 14.1. The number of hydrogen-bond acceptors (Lipinski definition) is 7. The van der Waals surface area contributed by atoms with Gasteiger partial charge in [-0.15, -0.1) is 0 Å². The Morgan fingerprint density at radius 2 is 0.983 bits per heavy atom. The molecule has 2 unspecified atom stereocenters. The number of nitrogens with zero attached hydrogens (tertiary/aromatic N) is 1. The van der Waals surface area contributed by atoms with Crippen molar-refractivity contribution in [2.45, 2.75) is 213 Å². The number of ether oxygens (including phenoxy) is 2. The van der Waals surface area contributed by atoms with Crippen molar-refractivity contribution in [2.75, 3.05) is 54.1 Å². The Bertz CT molecular complexity index is 1080. The van der Waals surface area contributed by atoms with Gasteiger partial charge in [-0.1, -0.05) is 178 Å². The summed E-state index contributed by atoms with van der Waals surface area (Å²) in [5.74, 6) is -0.339. The second kappa shape index (κ2) is 43.1. The van der Waals surface area contributed by atoms with E-state index in [1.165, 1.54) is 128 Å². The number of carbonyl (C=O) groups excluding carboxylic acids is 1. The third kappa shape index (κ3) is 47.4. The van der Waals surface area contributed by atoms with Gasteiger partial charge in [-0.3, -0.25) is 9.36 Å². The highest BCUT2D eigenvalue weighted by Gasteiger charge is 2.20. The molecule has 0 aromatic rings. The summed E-state index contributed by atoms with van der Waals surface area (Å²) in [6, 6.07) is 0. The van der Waals surface area contributed by atoms with Crippen LogP contribution in [0, 0.1) is 0 Å². The lowest BCUT2D eigenvalue weighted by Gasteiger charge is -2.28. The molecule has 59 heavy (non-hydrogen) atoms. The highest BCUT2D eigenvalue weighted by molar-refractivity contribution is 7.45. The van der Waals surface area contributed by atoms with E-state index in [1.54, 1.807) is 0 Å². The van der Waals surface area contributed by atoms with Crippen LogP contribution in [0.5, 0.6) is 0 Å². The number of hydrogen-bond donors (Lipinski definition) is 0. The number of esters is 1. The molecule has 2 atom stereocenters. The molecule has 0 saturated heterocycles. The van der Waals surface area contributed by atoms with Crippen LogP contribution in [0.25, 0.3) is 0 Å². The number of rotatable bonds is 45.